The summed E-state index contributed by atoms with van der Waals surface area (Å²) in [6.45, 7) is 3.71. The molecule has 4 nitrogen and oxygen atoms in total. The fourth-order valence-electron chi connectivity index (χ4n) is 3.24. The Morgan fingerprint density at radius 3 is 2.71 bits per heavy atom. The normalized spacial score (nSPS) is 22.8. The molecule has 0 atom stereocenters. The monoisotopic (exact) mass is 305 g/mol. The third-order valence-electron chi connectivity index (χ3n) is 4.67. The van der Waals surface area contributed by atoms with Crippen molar-refractivity contribution in [1.82, 2.24) is 9.55 Å². The summed E-state index contributed by atoms with van der Waals surface area (Å²) >= 11 is 1.63. The van der Waals surface area contributed by atoms with Crippen molar-refractivity contribution in [1.29, 1.82) is 0 Å². The smallest absolute Gasteiger partial charge is 0.262 e. The van der Waals surface area contributed by atoms with Crippen molar-refractivity contribution < 1.29 is 0 Å². The van der Waals surface area contributed by atoms with Gasteiger partial charge in [0.1, 0.15) is 4.83 Å². The maximum atomic E-state index is 12.6. The van der Waals surface area contributed by atoms with Gasteiger partial charge in [0.25, 0.3) is 5.56 Å². The Morgan fingerprint density at radius 1 is 1.33 bits per heavy atom. The first kappa shape index (κ1) is 14.7. The minimum absolute atomic E-state index is 0.122. The lowest BCUT2D eigenvalue weighted by Gasteiger charge is -2.27. The van der Waals surface area contributed by atoms with E-state index in [4.69, 9.17) is 5.73 Å². The lowest BCUT2D eigenvalue weighted by atomic mass is 9.82. The number of aromatic nitrogens is 2. The molecule has 2 heterocycles. The number of fused-ring (bicyclic) bond motifs is 1. The van der Waals surface area contributed by atoms with Crippen LogP contribution in [0.3, 0.4) is 0 Å². The second-order valence-corrected chi connectivity index (χ2v) is 7.22. The molecule has 1 aliphatic rings. The molecule has 2 N–H and O–H groups in total. The molecule has 0 saturated heterocycles. The molecule has 1 saturated carbocycles. The predicted octanol–water partition coefficient (Wildman–Crippen LogP) is 2.79. The summed E-state index contributed by atoms with van der Waals surface area (Å²) in [7, 11) is 0. The molecule has 0 aliphatic heterocycles. The molecule has 21 heavy (non-hydrogen) atoms. The van der Waals surface area contributed by atoms with Crippen molar-refractivity contribution in [3.8, 4) is 0 Å². The number of rotatable bonds is 4. The SMILES string of the molecule is CCc1cc2c(=O)n(CC3CCC(CN)CC3)cnc2s1. The van der Waals surface area contributed by atoms with Gasteiger partial charge >= 0.3 is 0 Å². The Bertz CT molecular complexity index is 668. The maximum Gasteiger partial charge on any atom is 0.262 e. The van der Waals surface area contributed by atoms with Crippen LogP contribution in [-0.2, 0) is 13.0 Å². The highest BCUT2D eigenvalue weighted by Gasteiger charge is 2.21. The van der Waals surface area contributed by atoms with Gasteiger partial charge in [0.15, 0.2) is 0 Å². The average molecular weight is 305 g/mol. The second kappa shape index (κ2) is 6.28. The molecule has 0 amide bonds. The van der Waals surface area contributed by atoms with Crippen molar-refractivity contribution in [2.75, 3.05) is 6.54 Å². The highest BCUT2D eigenvalue weighted by Crippen LogP contribution is 2.29. The number of thiophene rings is 1. The number of hydrogen-bond acceptors (Lipinski definition) is 4. The Kier molecular flexibility index (Phi) is 4.40. The summed E-state index contributed by atoms with van der Waals surface area (Å²) in [5.74, 6) is 1.27. The number of hydrogen-bond donors (Lipinski definition) is 1. The summed E-state index contributed by atoms with van der Waals surface area (Å²) in [6.07, 6.45) is 7.44. The molecular weight excluding hydrogens is 282 g/mol. The summed E-state index contributed by atoms with van der Waals surface area (Å²) in [6, 6.07) is 2.01. The topological polar surface area (TPSA) is 60.9 Å². The zero-order valence-electron chi connectivity index (χ0n) is 12.5. The second-order valence-electron chi connectivity index (χ2n) is 6.11. The van der Waals surface area contributed by atoms with Crippen LogP contribution in [0.4, 0.5) is 0 Å². The average Bonchev–Trinajstić information content (AvgIpc) is 2.95. The Hall–Kier alpha value is -1.20. The lowest BCUT2D eigenvalue weighted by molar-refractivity contribution is 0.254. The molecule has 114 valence electrons. The number of nitrogens with zero attached hydrogens (tertiary/aromatic N) is 2. The molecule has 0 radical (unpaired) electrons. The fraction of sp³-hybridized carbons (Fsp3) is 0.625. The van der Waals surface area contributed by atoms with Gasteiger partial charge in [-0.2, -0.15) is 0 Å². The van der Waals surface area contributed by atoms with Crippen LogP contribution in [0.2, 0.25) is 0 Å². The van der Waals surface area contributed by atoms with E-state index in [1.165, 1.54) is 30.6 Å². The number of aryl methyl sites for hydroxylation is 1. The molecular formula is C16H23N3OS. The van der Waals surface area contributed by atoms with Crippen LogP contribution in [0.25, 0.3) is 10.2 Å². The van der Waals surface area contributed by atoms with Crippen molar-refractivity contribution in [3.05, 3.63) is 27.6 Å². The van der Waals surface area contributed by atoms with Crippen LogP contribution in [0, 0.1) is 11.8 Å². The number of nitrogens with two attached hydrogens (primary N) is 1. The summed E-state index contributed by atoms with van der Waals surface area (Å²) in [5.41, 5.74) is 5.86. The van der Waals surface area contributed by atoms with E-state index in [2.05, 4.69) is 11.9 Å². The van der Waals surface area contributed by atoms with E-state index in [9.17, 15) is 4.79 Å². The summed E-state index contributed by atoms with van der Waals surface area (Å²) < 4.78 is 1.81. The predicted molar refractivity (Wildman–Crippen MR) is 87.8 cm³/mol. The largest absolute Gasteiger partial charge is 0.330 e. The van der Waals surface area contributed by atoms with E-state index in [-0.39, 0.29) is 5.56 Å². The van der Waals surface area contributed by atoms with E-state index in [1.807, 2.05) is 10.6 Å². The highest BCUT2D eigenvalue weighted by molar-refractivity contribution is 7.18. The fourth-order valence-corrected chi connectivity index (χ4v) is 4.17. The van der Waals surface area contributed by atoms with Gasteiger partial charge in [-0.05, 0) is 56.6 Å². The first-order chi connectivity index (χ1) is 10.2. The summed E-state index contributed by atoms with van der Waals surface area (Å²) in [5, 5.41) is 0.787. The van der Waals surface area contributed by atoms with E-state index >= 15 is 0 Å². The quantitative estimate of drug-likeness (QED) is 0.945. The zero-order valence-corrected chi connectivity index (χ0v) is 13.4. The van der Waals surface area contributed by atoms with Crippen LogP contribution in [0.5, 0.6) is 0 Å². The van der Waals surface area contributed by atoms with Crippen LogP contribution in [-0.4, -0.2) is 16.1 Å². The Balaban J connectivity index is 1.78. The van der Waals surface area contributed by atoms with Gasteiger partial charge in [0, 0.05) is 11.4 Å². The highest BCUT2D eigenvalue weighted by atomic mass is 32.1. The van der Waals surface area contributed by atoms with Gasteiger partial charge in [0.05, 0.1) is 11.7 Å². The zero-order chi connectivity index (χ0) is 14.8. The minimum Gasteiger partial charge on any atom is -0.330 e. The third-order valence-corrected chi connectivity index (χ3v) is 5.86. The minimum atomic E-state index is 0.122. The molecule has 3 rings (SSSR count). The standard InChI is InChI=1S/C16H23N3OS/c1-2-13-7-14-15(21-13)18-10-19(16(14)20)9-12-5-3-11(8-17)4-6-12/h7,10-12H,2-6,8-9,17H2,1H3. The van der Waals surface area contributed by atoms with E-state index in [1.54, 1.807) is 17.7 Å². The molecule has 0 unspecified atom stereocenters. The van der Waals surface area contributed by atoms with Gasteiger partial charge in [-0.3, -0.25) is 9.36 Å². The lowest BCUT2D eigenvalue weighted by Crippen LogP contribution is -2.28. The Morgan fingerprint density at radius 2 is 2.05 bits per heavy atom. The molecule has 1 fully saturated rings. The van der Waals surface area contributed by atoms with Crippen LogP contribution < -0.4 is 11.3 Å². The van der Waals surface area contributed by atoms with Crippen molar-refractivity contribution in [2.24, 2.45) is 17.6 Å². The molecule has 0 spiro atoms. The van der Waals surface area contributed by atoms with Crippen molar-refractivity contribution in [2.45, 2.75) is 45.6 Å². The molecule has 1 aliphatic carbocycles. The molecule has 5 heteroatoms. The van der Waals surface area contributed by atoms with Crippen LogP contribution in [0.15, 0.2) is 17.2 Å². The van der Waals surface area contributed by atoms with Crippen molar-refractivity contribution in [3.63, 3.8) is 0 Å². The van der Waals surface area contributed by atoms with Gasteiger partial charge in [0.2, 0.25) is 0 Å². The van der Waals surface area contributed by atoms with E-state index in [0.29, 0.717) is 11.8 Å². The molecule has 0 aromatic carbocycles. The summed E-state index contributed by atoms with van der Waals surface area (Å²) in [4.78, 5) is 19.1. The van der Waals surface area contributed by atoms with Gasteiger partial charge in [-0.25, -0.2) is 4.98 Å². The third kappa shape index (κ3) is 3.04. The maximum absolute atomic E-state index is 12.6. The van der Waals surface area contributed by atoms with E-state index in [0.717, 1.165) is 29.7 Å². The van der Waals surface area contributed by atoms with Gasteiger partial charge in [-0.15, -0.1) is 11.3 Å². The van der Waals surface area contributed by atoms with Gasteiger partial charge in [-0.1, -0.05) is 6.92 Å². The molecule has 0 bridgehead atoms. The van der Waals surface area contributed by atoms with Crippen LogP contribution >= 0.6 is 11.3 Å². The molecule has 2 aromatic rings. The Labute approximate surface area is 129 Å². The van der Waals surface area contributed by atoms with Crippen molar-refractivity contribution >= 4 is 21.6 Å². The molecule has 2 aromatic heterocycles. The first-order valence-corrected chi connectivity index (χ1v) is 8.70. The van der Waals surface area contributed by atoms with E-state index < -0.39 is 0 Å². The van der Waals surface area contributed by atoms with Crippen LogP contribution in [0.1, 0.15) is 37.5 Å². The van der Waals surface area contributed by atoms with Gasteiger partial charge < -0.3 is 5.73 Å². The first-order valence-electron chi connectivity index (χ1n) is 7.89.